The maximum absolute atomic E-state index is 5.91. The monoisotopic (exact) mass is 290 g/mol. The molecule has 104 valence electrons. The van der Waals surface area contributed by atoms with Gasteiger partial charge in [-0.15, -0.1) is 5.10 Å². The molecule has 2 N–H and O–H groups in total. The maximum Gasteiger partial charge on any atom is 0.243 e. The lowest BCUT2D eigenvalue weighted by atomic mass is 10.1. The zero-order chi connectivity index (χ0) is 13.9. The Morgan fingerprint density at radius 2 is 2.30 bits per heavy atom. The highest BCUT2D eigenvalue weighted by Crippen LogP contribution is 2.11. The lowest BCUT2D eigenvalue weighted by molar-refractivity contribution is 0.845. The summed E-state index contributed by atoms with van der Waals surface area (Å²) < 4.78 is 1.67. The van der Waals surface area contributed by atoms with E-state index in [1.807, 2.05) is 19.2 Å². The van der Waals surface area contributed by atoms with Crippen LogP contribution in [-0.4, -0.2) is 31.3 Å². The fourth-order valence-electron chi connectivity index (χ4n) is 2.04. The summed E-state index contributed by atoms with van der Waals surface area (Å²) in [5, 5.41) is 15.1. The van der Waals surface area contributed by atoms with Gasteiger partial charge in [0.15, 0.2) is 5.65 Å². The minimum absolute atomic E-state index is 0.621. The van der Waals surface area contributed by atoms with E-state index < -0.39 is 0 Å². The first kappa shape index (κ1) is 12.9. The van der Waals surface area contributed by atoms with Crippen LogP contribution in [0.3, 0.4) is 0 Å². The molecule has 0 saturated heterocycles. The molecule has 0 aromatic carbocycles. The SMILES string of the molecule is Cc1[nH]ncc1CCCNc1nc2ccc(Cl)cn2n1. The number of hydrogen-bond acceptors (Lipinski definition) is 4. The van der Waals surface area contributed by atoms with Crippen LogP contribution in [0, 0.1) is 6.92 Å². The molecule has 0 aliphatic rings. The van der Waals surface area contributed by atoms with Crippen molar-refractivity contribution in [1.29, 1.82) is 0 Å². The van der Waals surface area contributed by atoms with Gasteiger partial charge in [-0.25, -0.2) is 4.52 Å². The largest absolute Gasteiger partial charge is 0.353 e. The summed E-state index contributed by atoms with van der Waals surface area (Å²) in [5.41, 5.74) is 3.16. The summed E-state index contributed by atoms with van der Waals surface area (Å²) in [6, 6.07) is 3.65. The van der Waals surface area contributed by atoms with Gasteiger partial charge in [0.25, 0.3) is 0 Å². The molecule has 0 fully saturated rings. The summed E-state index contributed by atoms with van der Waals surface area (Å²) >= 11 is 5.91. The topological polar surface area (TPSA) is 70.9 Å². The number of aromatic amines is 1. The molecule has 0 bridgehead atoms. The van der Waals surface area contributed by atoms with Gasteiger partial charge < -0.3 is 5.32 Å². The van der Waals surface area contributed by atoms with E-state index in [1.165, 1.54) is 5.56 Å². The first-order valence-electron chi connectivity index (χ1n) is 6.47. The highest BCUT2D eigenvalue weighted by atomic mass is 35.5. The van der Waals surface area contributed by atoms with E-state index >= 15 is 0 Å². The zero-order valence-electron chi connectivity index (χ0n) is 11.1. The second-order valence-electron chi connectivity index (χ2n) is 4.64. The van der Waals surface area contributed by atoms with Crippen molar-refractivity contribution in [3.8, 4) is 0 Å². The van der Waals surface area contributed by atoms with Crippen LogP contribution in [0.5, 0.6) is 0 Å². The van der Waals surface area contributed by atoms with Crippen molar-refractivity contribution in [2.75, 3.05) is 11.9 Å². The minimum atomic E-state index is 0.621. The predicted molar refractivity (Wildman–Crippen MR) is 78.1 cm³/mol. The molecule has 0 spiro atoms. The van der Waals surface area contributed by atoms with Crippen LogP contribution in [0.25, 0.3) is 5.65 Å². The van der Waals surface area contributed by atoms with Crippen LogP contribution in [0.1, 0.15) is 17.7 Å². The second kappa shape index (κ2) is 5.50. The number of aryl methyl sites for hydroxylation is 2. The molecule has 3 heterocycles. The molecular weight excluding hydrogens is 276 g/mol. The highest BCUT2D eigenvalue weighted by molar-refractivity contribution is 6.30. The van der Waals surface area contributed by atoms with Crippen molar-refractivity contribution in [2.45, 2.75) is 19.8 Å². The van der Waals surface area contributed by atoms with Crippen LogP contribution in [-0.2, 0) is 6.42 Å². The van der Waals surface area contributed by atoms with Crippen molar-refractivity contribution in [3.63, 3.8) is 0 Å². The van der Waals surface area contributed by atoms with Gasteiger partial charge in [0, 0.05) is 18.4 Å². The number of fused-ring (bicyclic) bond motifs is 1. The Balaban J connectivity index is 1.56. The van der Waals surface area contributed by atoms with Gasteiger partial charge in [0.1, 0.15) is 0 Å². The van der Waals surface area contributed by atoms with Crippen molar-refractivity contribution < 1.29 is 0 Å². The molecule has 6 nitrogen and oxygen atoms in total. The van der Waals surface area contributed by atoms with E-state index in [0.717, 1.165) is 30.7 Å². The number of nitrogens with one attached hydrogen (secondary N) is 2. The molecule has 0 aliphatic carbocycles. The number of hydrogen-bond donors (Lipinski definition) is 2. The Labute approximate surface area is 121 Å². The Morgan fingerprint density at radius 3 is 3.10 bits per heavy atom. The minimum Gasteiger partial charge on any atom is -0.353 e. The first-order valence-corrected chi connectivity index (χ1v) is 6.85. The van der Waals surface area contributed by atoms with Gasteiger partial charge in [0.2, 0.25) is 5.95 Å². The molecule has 0 unspecified atom stereocenters. The summed E-state index contributed by atoms with van der Waals surface area (Å²) in [7, 11) is 0. The number of H-pyrrole nitrogens is 1. The average Bonchev–Trinajstić information content (AvgIpc) is 3.00. The standard InChI is InChI=1S/C13H15ClN6/c1-9-10(7-16-18-9)3-2-6-15-13-17-12-5-4-11(14)8-20(12)19-13/h4-5,7-8H,2-3,6H2,1H3,(H,15,19)(H,16,18). The molecule has 0 radical (unpaired) electrons. The van der Waals surface area contributed by atoms with E-state index in [4.69, 9.17) is 11.6 Å². The third kappa shape index (κ3) is 2.75. The van der Waals surface area contributed by atoms with Crippen molar-refractivity contribution in [2.24, 2.45) is 0 Å². The molecular formula is C13H15ClN6. The zero-order valence-corrected chi connectivity index (χ0v) is 11.9. The molecule has 20 heavy (non-hydrogen) atoms. The molecule has 0 amide bonds. The van der Waals surface area contributed by atoms with Crippen LogP contribution < -0.4 is 5.32 Å². The lowest BCUT2D eigenvalue weighted by Crippen LogP contribution is -2.04. The first-order chi connectivity index (χ1) is 9.72. The Kier molecular flexibility index (Phi) is 3.56. The van der Waals surface area contributed by atoms with Gasteiger partial charge >= 0.3 is 0 Å². The van der Waals surface area contributed by atoms with Crippen molar-refractivity contribution >= 4 is 23.2 Å². The Bertz CT molecular complexity index is 717. The van der Waals surface area contributed by atoms with Gasteiger partial charge in [-0.1, -0.05) is 11.6 Å². The van der Waals surface area contributed by atoms with E-state index in [-0.39, 0.29) is 0 Å². The molecule has 0 aliphatic heterocycles. The van der Waals surface area contributed by atoms with Gasteiger partial charge in [-0.2, -0.15) is 10.1 Å². The Morgan fingerprint density at radius 1 is 1.40 bits per heavy atom. The smallest absolute Gasteiger partial charge is 0.243 e. The summed E-state index contributed by atoms with van der Waals surface area (Å²) in [6.07, 6.45) is 5.59. The Hall–Kier alpha value is -2.08. The molecule has 0 atom stereocenters. The number of nitrogens with zero attached hydrogens (tertiary/aromatic N) is 4. The number of halogens is 1. The second-order valence-corrected chi connectivity index (χ2v) is 5.07. The third-order valence-corrected chi connectivity index (χ3v) is 3.36. The lowest BCUT2D eigenvalue weighted by Gasteiger charge is -2.01. The van der Waals surface area contributed by atoms with Crippen LogP contribution in [0.15, 0.2) is 24.5 Å². The fourth-order valence-corrected chi connectivity index (χ4v) is 2.20. The van der Waals surface area contributed by atoms with Crippen molar-refractivity contribution in [3.05, 3.63) is 40.8 Å². The van der Waals surface area contributed by atoms with Crippen LogP contribution in [0.2, 0.25) is 5.02 Å². The molecule has 3 aromatic heterocycles. The molecule has 7 heteroatoms. The molecule has 0 saturated carbocycles. The van der Waals surface area contributed by atoms with Gasteiger partial charge in [0.05, 0.1) is 11.2 Å². The molecule has 3 rings (SSSR count). The summed E-state index contributed by atoms with van der Waals surface area (Å²) in [6.45, 7) is 2.85. The summed E-state index contributed by atoms with van der Waals surface area (Å²) in [5.74, 6) is 0.621. The maximum atomic E-state index is 5.91. The third-order valence-electron chi connectivity index (χ3n) is 3.14. The number of anilines is 1. The van der Waals surface area contributed by atoms with Crippen LogP contribution in [0.4, 0.5) is 5.95 Å². The number of pyridine rings is 1. The fraction of sp³-hybridized carbons (Fsp3) is 0.308. The highest BCUT2D eigenvalue weighted by Gasteiger charge is 2.04. The summed E-state index contributed by atoms with van der Waals surface area (Å²) in [4.78, 5) is 4.37. The quantitative estimate of drug-likeness (QED) is 0.708. The number of aromatic nitrogens is 5. The van der Waals surface area contributed by atoms with Crippen molar-refractivity contribution in [1.82, 2.24) is 24.8 Å². The number of rotatable bonds is 5. The van der Waals surface area contributed by atoms with E-state index in [2.05, 4.69) is 25.6 Å². The van der Waals surface area contributed by atoms with Gasteiger partial charge in [-0.05, 0) is 37.5 Å². The van der Waals surface area contributed by atoms with Crippen LogP contribution >= 0.6 is 11.6 Å². The molecule has 3 aromatic rings. The van der Waals surface area contributed by atoms with E-state index in [9.17, 15) is 0 Å². The van der Waals surface area contributed by atoms with Gasteiger partial charge in [-0.3, -0.25) is 5.10 Å². The predicted octanol–water partition coefficient (Wildman–Crippen LogP) is 2.46. The van der Waals surface area contributed by atoms with E-state index in [0.29, 0.717) is 11.0 Å². The normalized spacial score (nSPS) is 11.1. The average molecular weight is 291 g/mol. The van der Waals surface area contributed by atoms with E-state index in [1.54, 1.807) is 16.8 Å².